The van der Waals surface area contributed by atoms with Crippen molar-refractivity contribution in [1.82, 2.24) is 9.97 Å². The summed E-state index contributed by atoms with van der Waals surface area (Å²) in [7, 11) is 0. The fourth-order valence-electron chi connectivity index (χ4n) is 9.47. The third kappa shape index (κ3) is 7.97. The number of allylic oxidation sites excluding steroid dienone is 3. The molecule has 0 N–H and O–H groups in total. The van der Waals surface area contributed by atoms with E-state index >= 15 is 0 Å². The Labute approximate surface area is 416 Å². The van der Waals surface area contributed by atoms with Crippen LogP contribution in [-0.2, 0) is 5.41 Å². The quantitative estimate of drug-likeness (QED) is 0.117. The largest absolute Gasteiger partial charge is 0.288 e. The molecular formula is C58H46Cl4N4O2. The SMILES string of the molecule is CC(C)c1cccc(C(C)C)c1N1/C(=C\C=C2C(=O)c3cc4ccccc4cc3C2=O)N(c2c(-c3cc(Cl)cc(Cl)c3)cccc2-c2cc(Cl)cc(Cl)c2)c2nc3ccc(C(C)(C)C)cc3nc21. The van der Waals surface area contributed by atoms with Gasteiger partial charge in [-0.15, -0.1) is 0 Å². The maximum absolute atomic E-state index is 14.5. The van der Waals surface area contributed by atoms with E-state index in [1.165, 1.54) is 0 Å². The van der Waals surface area contributed by atoms with Crippen LogP contribution in [0.5, 0.6) is 0 Å². The number of hydrogen-bond donors (Lipinski definition) is 0. The van der Waals surface area contributed by atoms with Crippen LogP contribution in [0.2, 0.25) is 20.1 Å². The van der Waals surface area contributed by atoms with E-state index in [0.29, 0.717) is 65.4 Å². The fourth-order valence-corrected chi connectivity index (χ4v) is 10.5. The molecule has 2 aliphatic rings. The molecule has 0 amide bonds. The van der Waals surface area contributed by atoms with Crippen molar-refractivity contribution in [3.63, 3.8) is 0 Å². The number of ketones is 2. The van der Waals surface area contributed by atoms with Crippen LogP contribution >= 0.6 is 46.4 Å². The van der Waals surface area contributed by atoms with Gasteiger partial charge in [-0.3, -0.25) is 19.4 Å². The summed E-state index contributed by atoms with van der Waals surface area (Å²) < 4.78 is 0. The molecule has 2 heterocycles. The summed E-state index contributed by atoms with van der Waals surface area (Å²) in [5, 5.41) is 3.59. The number of aromatic nitrogens is 2. The first-order valence-electron chi connectivity index (χ1n) is 22.6. The summed E-state index contributed by atoms with van der Waals surface area (Å²) in [6, 6.07) is 41.0. The van der Waals surface area contributed by atoms with Crippen LogP contribution < -0.4 is 9.80 Å². The molecule has 0 radical (unpaired) electrons. The van der Waals surface area contributed by atoms with E-state index in [1.807, 2.05) is 91.0 Å². The third-order valence-electron chi connectivity index (χ3n) is 12.8. The molecule has 1 aliphatic heterocycles. The van der Waals surface area contributed by atoms with E-state index in [4.69, 9.17) is 56.4 Å². The number of fused-ring (bicyclic) bond motifs is 4. The molecule has 1 aromatic heterocycles. The van der Waals surface area contributed by atoms with Crippen molar-refractivity contribution in [3.05, 3.63) is 199 Å². The van der Waals surface area contributed by atoms with Gasteiger partial charge >= 0.3 is 0 Å². The van der Waals surface area contributed by atoms with E-state index in [2.05, 4.69) is 88.6 Å². The van der Waals surface area contributed by atoms with E-state index in [1.54, 1.807) is 18.2 Å². The molecule has 68 heavy (non-hydrogen) atoms. The van der Waals surface area contributed by atoms with Crippen molar-refractivity contribution < 1.29 is 9.59 Å². The Kier molecular flexibility index (Phi) is 11.6. The molecule has 1 aliphatic carbocycles. The summed E-state index contributed by atoms with van der Waals surface area (Å²) in [6.45, 7) is 15.3. The average Bonchev–Trinajstić information content (AvgIpc) is 3.72. The zero-order valence-corrected chi connectivity index (χ0v) is 41.6. The van der Waals surface area contributed by atoms with Gasteiger partial charge in [0.05, 0.1) is 28.0 Å². The Balaban J connectivity index is 1.36. The maximum atomic E-state index is 14.5. The number of carbonyl (C=O) groups is 2. The lowest BCUT2D eigenvalue weighted by Gasteiger charge is -2.31. The van der Waals surface area contributed by atoms with Crippen LogP contribution in [0.15, 0.2) is 151 Å². The number of carbonyl (C=O) groups excluding carboxylic acids is 2. The first kappa shape index (κ1) is 45.5. The molecular weight excluding hydrogens is 926 g/mol. The Morgan fingerprint density at radius 2 is 0.971 bits per heavy atom. The molecule has 0 atom stereocenters. The lowest BCUT2D eigenvalue weighted by atomic mass is 9.87. The average molecular weight is 973 g/mol. The van der Waals surface area contributed by atoms with E-state index in [-0.39, 0.29) is 34.4 Å². The van der Waals surface area contributed by atoms with Gasteiger partial charge in [0.1, 0.15) is 5.82 Å². The summed E-state index contributed by atoms with van der Waals surface area (Å²) in [6.07, 6.45) is 3.53. The monoisotopic (exact) mass is 970 g/mol. The second-order valence-electron chi connectivity index (χ2n) is 19.1. The van der Waals surface area contributed by atoms with Crippen molar-refractivity contribution in [2.75, 3.05) is 9.80 Å². The minimum Gasteiger partial charge on any atom is -0.288 e. The van der Waals surface area contributed by atoms with E-state index in [0.717, 1.165) is 55.4 Å². The number of para-hydroxylation sites is 2. The molecule has 0 fully saturated rings. The minimum absolute atomic E-state index is 0.0533. The minimum atomic E-state index is -0.341. The van der Waals surface area contributed by atoms with E-state index in [9.17, 15) is 9.59 Å². The number of Topliss-reactive ketones (excluding diaryl/α,β-unsaturated/α-hetero) is 2. The van der Waals surface area contributed by atoms with Gasteiger partial charge in [0.15, 0.2) is 23.2 Å². The topological polar surface area (TPSA) is 66.4 Å². The van der Waals surface area contributed by atoms with Crippen molar-refractivity contribution in [2.45, 2.75) is 65.7 Å². The summed E-state index contributed by atoms with van der Waals surface area (Å²) >= 11 is 27.2. The predicted molar refractivity (Wildman–Crippen MR) is 283 cm³/mol. The molecule has 7 aromatic carbocycles. The van der Waals surface area contributed by atoms with Crippen LogP contribution in [0.25, 0.3) is 44.1 Å². The summed E-state index contributed by atoms with van der Waals surface area (Å²) in [5.41, 5.74) is 9.92. The number of hydrogen-bond acceptors (Lipinski definition) is 6. The van der Waals surface area contributed by atoms with Crippen molar-refractivity contribution in [3.8, 4) is 22.3 Å². The molecule has 6 nitrogen and oxygen atoms in total. The van der Waals surface area contributed by atoms with Crippen LogP contribution in [0.1, 0.15) is 97.7 Å². The predicted octanol–water partition coefficient (Wildman–Crippen LogP) is 17.4. The van der Waals surface area contributed by atoms with Gasteiger partial charge < -0.3 is 0 Å². The summed E-state index contributed by atoms with van der Waals surface area (Å²) in [5.74, 6) is 1.13. The van der Waals surface area contributed by atoms with Crippen molar-refractivity contribution >= 4 is 103 Å². The van der Waals surface area contributed by atoms with Gasteiger partial charge in [-0.1, -0.05) is 162 Å². The fraction of sp³-hybridized carbons (Fsp3) is 0.172. The molecule has 0 spiro atoms. The van der Waals surface area contributed by atoms with Crippen molar-refractivity contribution in [1.29, 1.82) is 0 Å². The zero-order valence-electron chi connectivity index (χ0n) is 38.6. The van der Waals surface area contributed by atoms with Gasteiger partial charge in [0, 0.05) is 42.3 Å². The van der Waals surface area contributed by atoms with Gasteiger partial charge in [-0.25, -0.2) is 9.97 Å². The molecule has 0 saturated carbocycles. The second kappa shape index (κ2) is 17.4. The van der Waals surface area contributed by atoms with Crippen LogP contribution in [-0.4, -0.2) is 21.5 Å². The highest BCUT2D eigenvalue weighted by molar-refractivity contribution is 6.40. The Bertz CT molecular complexity index is 3320. The van der Waals surface area contributed by atoms with Gasteiger partial charge in [0.2, 0.25) is 0 Å². The smallest absolute Gasteiger partial charge is 0.197 e. The van der Waals surface area contributed by atoms with Crippen LogP contribution in [0, 0.1) is 0 Å². The second-order valence-corrected chi connectivity index (χ2v) is 20.9. The van der Waals surface area contributed by atoms with Crippen molar-refractivity contribution in [2.24, 2.45) is 0 Å². The Morgan fingerprint density at radius 3 is 1.46 bits per heavy atom. The maximum Gasteiger partial charge on any atom is 0.197 e. The highest BCUT2D eigenvalue weighted by atomic mass is 35.5. The highest BCUT2D eigenvalue weighted by Crippen LogP contribution is 2.56. The molecule has 10 rings (SSSR count). The Morgan fingerprint density at radius 1 is 0.500 bits per heavy atom. The van der Waals surface area contributed by atoms with Crippen LogP contribution in [0.3, 0.4) is 0 Å². The van der Waals surface area contributed by atoms with E-state index < -0.39 is 0 Å². The lowest BCUT2D eigenvalue weighted by Crippen LogP contribution is -2.25. The number of nitrogens with zero attached hydrogens (tertiary/aromatic N) is 4. The third-order valence-corrected chi connectivity index (χ3v) is 13.7. The molecule has 10 heteroatoms. The van der Waals surface area contributed by atoms with Gasteiger partial charge in [0.25, 0.3) is 0 Å². The number of anilines is 4. The van der Waals surface area contributed by atoms with Crippen LogP contribution in [0.4, 0.5) is 23.0 Å². The standard InChI is InChI=1S/C58H46Cl4N4O2/c1-31(2)42-14-10-15-43(32(3)4)52(42)65-51(21-19-46-54(67)47-26-33-12-8-9-13-34(33)27-48(47)55(46)68)66(56-57(65)64-50-28-37(58(5,6)7)18-20-49(50)63-56)53-44(35-22-38(59)29-39(60)23-35)16-11-17-45(53)36-24-40(61)30-41(62)25-36/h8-32H,1-7H3/b51-21+. The molecule has 0 unspecified atom stereocenters. The van der Waals surface area contributed by atoms with Gasteiger partial charge in [-0.2, -0.15) is 0 Å². The zero-order chi connectivity index (χ0) is 47.9. The normalized spacial score (nSPS) is 14.4. The molecule has 0 saturated heterocycles. The van der Waals surface area contributed by atoms with Gasteiger partial charge in [-0.05, 0) is 129 Å². The lowest BCUT2D eigenvalue weighted by molar-refractivity contribution is 0.0988. The molecule has 8 aromatic rings. The Hall–Kier alpha value is -6.28. The molecule has 0 bridgehead atoms. The highest BCUT2D eigenvalue weighted by Gasteiger charge is 2.42. The number of halogens is 4. The number of benzene rings is 7. The molecule has 338 valence electrons. The summed E-state index contributed by atoms with van der Waals surface area (Å²) in [4.78, 5) is 44.4. The first-order chi connectivity index (χ1) is 32.5. The first-order valence-corrected chi connectivity index (χ1v) is 24.1. The number of rotatable bonds is 7.